The molecule has 0 bridgehead atoms. The fourth-order valence-corrected chi connectivity index (χ4v) is 2.88. The zero-order valence-electron chi connectivity index (χ0n) is 12.6. The maximum absolute atomic E-state index is 12.4. The monoisotopic (exact) mass is 314 g/mol. The molecule has 0 radical (unpaired) electrons. The van der Waals surface area contributed by atoms with E-state index in [1.165, 1.54) is 4.90 Å². The summed E-state index contributed by atoms with van der Waals surface area (Å²) in [6, 6.07) is 10.5. The van der Waals surface area contributed by atoms with Crippen LogP contribution in [0, 0.1) is 0 Å². The van der Waals surface area contributed by atoms with Crippen molar-refractivity contribution in [1.82, 2.24) is 10.1 Å². The van der Waals surface area contributed by atoms with Gasteiger partial charge in [-0.25, -0.2) is 4.79 Å². The van der Waals surface area contributed by atoms with E-state index >= 15 is 0 Å². The van der Waals surface area contributed by atoms with Crippen molar-refractivity contribution in [3.63, 3.8) is 0 Å². The molecule has 0 aliphatic carbocycles. The number of amides is 1. The van der Waals surface area contributed by atoms with Gasteiger partial charge in [-0.15, -0.1) is 0 Å². The van der Waals surface area contributed by atoms with Crippen molar-refractivity contribution in [2.45, 2.75) is 31.7 Å². The highest BCUT2D eigenvalue weighted by Crippen LogP contribution is 2.22. The summed E-state index contributed by atoms with van der Waals surface area (Å²) in [6.07, 6.45) is 2.24. The van der Waals surface area contributed by atoms with E-state index in [2.05, 4.69) is 5.16 Å². The number of hydrogen-bond acceptors (Lipinski definition) is 4. The lowest BCUT2D eigenvalue weighted by Crippen LogP contribution is -2.48. The number of carboxylic acid groups (broad SMARTS) is 1. The molecule has 1 aliphatic rings. The van der Waals surface area contributed by atoms with E-state index in [1.54, 1.807) is 6.07 Å². The normalized spacial score (nSPS) is 17.9. The second-order valence-electron chi connectivity index (χ2n) is 5.66. The third-order valence-electron chi connectivity index (χ3n) is 4.06. The maximum Gasteiger partial charge on any atom is 0.326 e. The van der Waals surface area contributed by atoms with Crippen LogP contribution in [0.3, 0.4) is 0 Å². The van der Waals surface area contributed by atoms with Crippen LogP contribution in [0.25, 0.3) is 11.3 Å². The quantitative estimate of drug-likeness (QED) is 0.936. The van der Waals surface area contributed by atoms with Crippen LogP contribution >= 0.6 is 0 Å². The van der Waals surface area contributed by atoms with Gasteiger partial charge in [-0.1, -0.05) is 35.5 Å². The van der Waals surface area contributed by atoms with Crippen molar-refractivity contribution in [1.29, 1.82) is 0 Å². The zero-order chi connectivity index (χ0) is 16.2. The number of carbonyl (C=O) groups excluding carboxylic acids is 1. The summed E-state index contributed by atoms with van der Waals surface area (Å²) in [5.41, 5.74) is 1.41. The highest BCUT2D eigenvalue weighted by molar-refractivity contribution is 5.85. The van der Waals surface area contributed by atoms with Crippen LogP contribution in [-0.2, 0) is 16.0 Å². The summed E-state index contributed by atoms with van der Waals surface area (Å²) in [5, 5.41) is 13.2. The van der Waals surface area contributed by atoms with E-state index in [0.717, 1.165) is 18.4 Å². The largest absolute Gasteiger partial charge is 0.480 e. The minimum absolute atomic E-state index is 0.0557. The first kappa shape index (κ1) is 15.3. The van der Waals surface area contributed by atoms with Gasteiger partial charge >= 0.3 is 5.97 Å². The van der Waals surface area contributed by atoms with E-state index in [0.29, 0.717) is 24.4 Å². The van der Waals surface area contributed by atoms with E-state index < -0.39 is 12.0 Å². The number of piperidine rings is 1. The molecular formula is C17H18N2O4. The SMILES string of the molecule is O=C(O)[C@@H]1CCCCN1C(=O)Cc1cc(-c2ccccc2)on1. The van der Waals surface area contributed by atoms with Gasteiger partial charge in [0.15, 0.2) is 5.76 Å². The van der Waals surface area contributed by atoms with Crippen molar-refractivity contribution >= 4 is 11.9 Å². The molecule has 3 rings (SSSR count). The lowest BCUT2D eigenvalue weighted by Gasteiger charge is -2.32. The Hall–Kier alpha value is -2.63. The molecule has 0 saturated carbocycles. The Labute approximate surface area is 133 Å². The van der Waals surface area contributed by atoms with Gasteiger partial charge in [-0.3, -0.25) is 4.79 Å². The van der Waals surface area contributed by atoms with Crippen LogP contribution < -0.4 is 0 Å². The number of hydrogen-bond donors (Lipinski definition) is 1. The first-order valence-electron chi connectivity index (χ1n) is 7.68. The molecule has 0 unspecified atom stereocenters. The summed E-state index contributed by atoms with van der Waals surface area (Å²) in [4.78, 5) is 25.1. The van der Waals surface area contributed by atoms with Gasteiger partial charge < -0.3 is 14.5 Å². The second-order valence-corrected chi connectivity index (χ2v) is 5.66. The first-order chi connectivity index (χ1) is 11.1. The van der Waals surface area contributed by atoms with Gasteiger partial charge in [0, 0.05) is 18.2 Å². The molecule has 1 amide bonds. The number of benzene rings is 1. The number of carboxylic acids is 1. The van der Waals surface area contributed by atoms with E-state index in [1.807, 2.05) is 30.3 Å². The van der Waals surface area contributed by atoms with Crippen LogP contribution in [-0.4, -0.2) is 39.6 Å². The zero-order valence-corrected chi connectivity index (χ0v) is 12.6. The number of carbonyl (C=O) groups is 2. The van der Waals surface area contributed by atoms with Gasteiger partial charge in [0.25, 0.3) is 0 Å². The van der Waals surface area contributed by atoms with Crippen molar-refractivity contribution < 1.29 is 19.2 Å². The first-order valence-corrected chi connectivity index (χ1v) is 7.68. The topological polar surface area (TPSA) is 83.6 Å². The van der Waals surface area contributed by atoms with E-state index in [4.69, 9.17) is 4.52 Å². The van der Waals surface area contributed by atoms with Crippen LogP contribution in [0.4, 0.5) is 0 Å². The second kappa shape index (κ2) is 6.64. The van der Waals surface area contributed by atoms with Crippen LogP contribution in [0.5, 0.6) is 0 Å². The number of nitrogens with zero attached hydrogens (tertiary/aromatic N) is 2. The summed E-state index contributed by atoms with van der Waals surface area (Å²) in [6.45, 7) is 0.485. The molecule has 1 fully saturated rings. The molecule has 1 aromatic heterocycles. The molecule has 2 heterocycles. The molecule has 1 aromatic carbocycles. The highest BCUT2D eigenvalue weighted by atomic mass is 16.5. The smallest absolute Gasteiger partial charge is 0.326 e. The average molecular weight is 314 g/mol. The molecule has 2 aromatic rings. The minimum atomic E-state index is -0.942. The maximum atomic E-state index is 12.4. The molecule has 1 saturated heterocycles. The number of likely N-dealkylation sites (tertiary alicyclic amines) is 1. The molecule has 6 heteroatoms. The van der Waals surface area contributed by atoms with Crippen LogP contribution in [0.2, 0.25) is 0 Å². The van der Waals surface area contributed by atoms with Gasteiger partial charge in [-0.05, 0) is 19.3 Å². The van der Waals surface area contributed by atoms with Gasteiger partial charge in [0.05, 0.1) is 12.1 Å². The fourth-order valence-electron chi connectivity index (χ4n) is 2.88. The molecule has 120 valence electrons. The van der Waals surface area contributed by atoms with Gasteiger partial charge in [-0.2, -0.15) is 0 Å². The summed E-state index contributed by atoms with van der Waals surface area (Å²) >= 11 is 0. The van der Waals surface area contributed by atoms with Crippen molar-refractivity contribution in [2.24, 2.45) is 0 Å². The Morgan fingerprint density at radius 1 is 1.26 bits per heavy atom. The Morgan fingerprint density at radius 3 is 2.78 bits per heavy atom. The lowest BCUT2D eigenvalue weighted by molar-refractivity contribution is -0.151. The Morgan fingerprint density at radius 2 is 2.04 bits per heavy atom. The molecule has 1 aliphatic heterocycles. The van der Waals surface area contributed by atoms with E-state index in [-0.39, 0.29) is 12.3 Å². The number of aliphatic carboxylic acids is 1. The Kier molecular flexibility index (Phi) is 4.41. The lowest BCUT2D eigenvalue weighted by atomic mass is 10.0. The third-order valence-corrected chi connectivity index (χ3v) is 4.06. The molecule has 1 atom stereocenters. The van der Waals surface area contributed by atoms with E-state index in [9.17, 15) is 14.7 Å². The molecule has 6 nitrogen and oxygen atoms in total. The van der Waals surface area contributed by atoms with Crippen molar-refractivity contribution in [2.75, 3.05) is 6.54 Å². The summed E-state index contributed by atoms with van der Waals surface area (Å²) in [7, 11) is 0. The summed E-state index contributed by atoms with van der Waals surface area (Å²) in [5.74, 6) is -0.560. The van der Waals surface area contributed by atoms with Crippen LogP contribution in [0.1, 0.15) is 25.0 Å². The number of aromatic nitrogens is 1. The Bertz CT molecular complexity index is 696. The predicted molar refractivity (Wildman–Crippen MR) is 82.6 cm³/mol. The number of rotatable bonds is 4. The highest BCUT2D eigenvalue weighted by Gasteiger charge is 2.32. The molecule has 1 N–H and O–H groups in total. The molecule has 23 heavy (non-hydrogen) atoms. The third kappa shape index (κ3) is 3.41. The van der Waals surface area contributed by atoms with Crippen molar-refractivity contribution in [3.05, 3.63) is 42.1 Å². The molecule has 0 spiro atoms. The fraction of sp³-hybridized carbons (Fsp3) is 0.353. The minimum Gasteiger partial charge on any atom is -0.480 e. The predicted octanol–water partition coefficient (Wildman–Crippen LogP) is 2.35. The summed E-state index contributed by atoms with van der Waals surface area (Å²) < 4.78 is 5.28. The van der Waals surface area contributed by atoms with Crippen LogP contribution in [0.15, 0.2) is 40.9 Å². The van der Waals surface area contributed by atoms with Crippen molar-refractivity contribution in [3.8, 4) is 11.3 Å². The average Bonchev–Trinajstić information content (AvgIpc) is 3.04. The molecular weight excluding hydrogens is 296 g/mol. The Balaban J connectivity index is 1.70. The standard InChI is InChI=1S/C17H18N2O4/c20-16(19-9-5-4-8-14(19)17(21)22)11-13-10-15(23-18-13)12-6-2-1-3-7-12/h1-3,6-7,10,14H,4-5,8-9,11H2,(H,21,22)/t14-/m0/s1. The van der Waals surface area contributed by atoms with Gasteiger partial charge in [0.1, 0.15) is 6.04 Å². The van der Waals surface area contributed by atoms with Gasteiger partial charge in [0.2, 0.25) is 5.91 Å².